The number of carbonyl (C=O) groups is 3. The van der Waals surface area contributed by atoms with E-state index in [1.54, 1.807) is 0 Å². The maximum atomic E-state index is 14.3. The molecule has 0 amide bonds. The molecule has 12 heterocycles. The Morgan fingerprint density at radius 2 is 0.871 bits per heavy atom. The molecule has 12 saturated heterocycles. The van der Waals surface area contributed by atoms with Gasteiger partial charge in [-0.15, -0.1) is 0 Å². The van der Waals surface area contributed by atoms with Crippen LogP contribution in [0.25, 0.3) is 0 Å². The SMILES string of the molecule is C[C@@H]1CC[C@H]2[C@@H](C)C(OC(=O)CC(O)(CC(=O)OC3C[C@@H]4CC[C@@H](C)[C@@H]5CC[C@]6(C)OO[C@@]45[C@H](O3)O6)CC(=O)OC3O[C@@H]4O[C@]5(C)CC[C@H]6[C@H](C)CC[C@@H]([C@H]3C)[C@@]46OO5)O[C@@H]3O[C@]4(C)CC[C@@H]1[C@]32OO4. The van der Waals surface area contributed by atoms with Gasteiger partial charge in [-0.3, -0.25) is 14.4 Å². The molecule has 392 valence electrons. The first kappa shape index (κ1) is 48.8. The van der Waals surface area contributed by atoms with Crippen LogP contribution in [0.1, 0.15) is 158 Å². The van der Waals surface area contributed by atoms with Gasteiger partial charge in [0, 0.05) is 55.3 Å². The van der Waals surface area contributed by atoms with Crippen molar-refractivity contribution in [2.75, 3.05) is 0 Å². The molecule has 15 fully saturated rings. The van der Waals surface area contributed by atoms with Crippen molar-refractivity contribution in [3.8, 4) is 0 Å². The normalized spacial score (nSPS) is 54.7. The zero-order valence-electron chi connectivity index (χ0n) is 41.9. The first-order valence-corrected chi connectivity index (χ1v) is 26.6. The first-order valence-electron chi connectivity index (χ1n) is 26.6. The summed E-state index contributed by atoms with van der Waals surface area (Å²) in [5.41, 5.74) is -5.01. The summed E-state index contributed by atoms with van der Waals surface area (Å²) in [6, 6.07) is 0. The lowest BCUT2D eigenvalue weighted by Crippen LogP contribution is -2.70. The van der Waals surface area contributed by atoms with E-state index in [2.05, 4.69) is 20.8 Å². The van der Waals surface area contributed by atoms with Gasteiger partial charge in [0.05, 0.1) is 24.9 Å². The highest BCUT2D eigenvalue weighted by Gasteiger charge is 2.73. The molecule has 0 aromatic heterocycles. The van der Waals surface area contributed by atoms with Crippen molar-refractivity contribution in [1.82, 2.24) is 0 Å². The Kier molecular flexibility index (Phi) is 11.8. The Bertz CT molecular complexity index is 1980. The van der Waals surface area contributed by atoms with Gasteiger partial charge in [-0.1, -0.05) is 34.6 Å². The van der Waals surface area contributed by atoms with E-state index in [1.165, 1.54) is 0 Å². The van der Waals surface area contributed by atoms with Crippen molar-refractivity contribution < 1.29 is 91.4 Å². The molecule has 19 nitrogen and oxygen atoms in total. The van der Waals surface area contributed by atoms with Crippen LogP contribution in [0.3, 0.4) is 0 Å². The molecule has 3 unspecified atom stereocenters. The summed E-state index contributed by atoms with van der Waals surface area (Å²) in [5.74, 6) is -5.70. The van der Waals surface area contributed by atoms with Crippen molar-refractivity contribution in [3.63, 3.8) is 0 Å². The Labute approximate surface area is 409 Å². The molecule has 15 aliphatic rings. The largest absolute Gasteiger partial charge is 0.436 e. The third kappa shape index (κ3) is 7.53. The van der Waals surface area contributed by atoms with Gasteiger partial charge in [-0.25, -0.2) is 29.3 Å². The second-order valence-corrected chi connectivity index (χ2v) is 24.6. The maximum Gasteiger partial charge on any atom is 0.311 e. The van der Waals surface area contributed by atoms with Gasteiger partial charge in [-0.2, -0.15) is 0 Å². The van der Waals surface area contributed by atoms with Gasteiger partial charge >= 0.3 is 17.9 Å². The van der Waals surface area contributed by atoms with Crippen LogP contribution >= 0.6 is 0 Å². The van der Waals surface area contributed by atoms with Crippen LogP contribution in [-0.2, 0) is 86.3 Å². The number of rotatable bonds is 9. The fourth-order valence-corrected chi connectivity index (χ4v) is 16.2. The fourth-order valence-electron chi connectivity index (χ4n) is 16.2. The molecule has 12 aliphatic heterocycles. The maximum absolute atomic E-state index is 14.3. The van der Waals surface area contributed by atoms with Crippen LogP contribution < -0.4 is 0 Å². The quantitative estimate of drug-likeness (QED) is 0.142. The number of aliphatic hydroxyl groups is 1. The standard InChI is InChI=1S/C51H74O19/c1-25-9-12-30-21-39(59-42-49(30)31(25)15-18-45(6,62-42)65-68-49)56-36(52)22-48(55,23-37(53)57-40-28(4)34-13-10-26(2)32-16-19-46(7)63-43(60-40)50(32,34)69-66-46)24-38(54)58-41-29(5)35-14-11-27(3)33-17-20-47(8)64-44(61-41)51(33,35)70-67-47/h25-35,39-44,55H,9-24H2,1-8H3/t25-,26-,27-,28-,29-,30+,31+,32+,33+,34+,35+,39?,40?,41?,42-,43-,44-,45+,46+,47+,48?,49+,50-,51-/m1/s1. The zero-order chi connectivity index (χ0) is 49.0. The zero-order valence-corrected chi connectivity index (χ0v) is 41.9. The van der Waals surface area contributed by atoms with Crippen molar-refractivity contribution in [1.29, 1.82) is 0 Å². The Morgan fingerprint density at radius 3 is 1.33 bits per heavy atom. The van der Waals surface area contributed by atoms with E-state index < -0.39 is 115 Å². The van der Waals surface area contributed by atoms with Crippen molar-refractivity contribution >= 4 is 17.9 Å². The summed E-state index contributed by atoms with van der Waals surface area (Å²) in [5, 5.41) is 12.6. The highest BCUT2D eigenvalue weighted by atomic mass is 17.3. The van der Waals surface area contributed by atoms with Crippen LogP contribution in [-0.4, -0.2) is 101 Å². The van der Waals surface area contributed by atoms with Gasteiger partial charge in [0.2, 0.25) is 36.2 Å². The number of esters is 3. The Morgan fingerprint density at radius 1 is 0.486 bits per heavy atom. The minimum atomic E-state index is -2.35. The molecule has 0 radical (unpaired) electrons. The van der Waals surface area contributed by atoms with Crippen molar-refractivity contribution in [3.05, 3.63) is 0 Å². The van der Waals surface area contributed by atoms with E-state index in [9.17, 15) is 19.5 Å². The lowest BCUT2D eigenvalue weighted by atomic mass is 9.58. The van der Waals surface area contributed by atoms with E-state index in [1.807, 2.05) is 34.6 Å². The lowest BCUT2D eigenvalue weighted by Gasteiger charge is -2.60. The number of carbonyl (C=O) groups excluding carboxylic acids is 3. The number of hydrogen-bond acceptors (Lipinski definition) is 19. The summed E-state index contributed by atoms with van der Waals surface area (Å²) < 4.78 is 57.1. The second-order valence-electron chi connectivity index (χ2n) is 24.6. The van der Waals surface area contributed by atoms with Gasteiger partial charge in [0.1, 0.15) is 0 Å². The topological polar surface area (TPSA) is 210 Å². The van der Waals surface area contributed by atoms with E-state index in [4.69, 9.17) is 72.0 Å². The van der Waals surface area contributed by atoms with E-state index >= 15 is 0 Å². The van der Waals surface area contributed by atoms with Crippen LogP contribution in [0.4, 0.5) is 0 Å². The highest BCUT2D eigenvalue weighted by Crippen LogP contribution is 2.63. The van der Waals surface area contributed by atoms with Gasteiger partial charge in [0.15, 0.2) is 35.7 Å². The highest BCUT2D eigenvalue weighted by molar-refractivity contribution is 5.79. The van der Waals surface area contributed by atoms with Gasteiger partial charge < -0.3 is 47.7 Å². The minimum absolute atomic E-state index is 0.0921. The summed E-state index contributed by atoms with van der Waals surface area (Å²) in [7, 11) is 0. The van der Waals surface area contributed by atoms with Crippen LogP contribution in [0.15, 0.2) is 0 Å². The van der Waals surface area contributed by atoms with Gasteiger partial charge in [0.25, 0.3) is 0 Å². The average Bonchev–Trinajstić information content (AvgIpc) is 3.77. The van der Waals surface area contributed by atoms with Crippen molar-refractivity contribution in [2.45, 2.75) is 236 Å². The molecule has 19 heteroatoms. The number of ether oxygens (including phenoxy) is 9. The van der Waals surface area contributed by atoms with Crippen LogP contribution in [0.5, 0.6) is 0 Å². The molecule has 3 spiro atoms. The number of hydrogen-bond donors (Lipinski definition) is 1. The molecule has 70 heavy (non-hydrogen) atoms. The third-order valence-corrected chi connectivity index (χ3v) is 20.0. The smallest absolute Gasteiger partial charge is 0.311 e. The predicted molar refractivity (Wildman–Crippen MR) is 233 cm³/mol. The molecular weight excluding hydrogens is 917 g/mol. The second kappa shape index (κ2) is 17.0. The Hall–Kier alpha value is -2.11. The number of fused-ring (bicyclic) bond motifs is 6. The molecule has 0 aromatic rings. The molecule has 0 aromatic carbocycles. The first-order chi connectivity index (χ1) is 33.2. The van der Waals surface area contributed by atoms with Gasteiger partial charge in [-0.05, 0) is 114 Å². The van der Waals surface area contributed by atoms with E-state index in [0.29, 0.717) is 43.4 Å². The average molecular weight is 991 g/mol. The summed E-state index contributed by atoms with van der Waals surface area (Å²) in [6.07, 6.45) is 1.49. The minimum Gasteiger partial charge on any atom is -0.436 e. The molecule has 23 atom stereocenters. The lowest BCUT2D eigenvalue weighted by molar-refractivity contribution is -0.576. The summed E-state index contributed by atoms with van der Waals surface area (Å²) in [6.45, 7) is 16.0. The fraction of sp³-hybridized carbons (Fsp3) is 0.941. The monoisotopic (exact) mass is 990 g/mol. The van der Waals surface area contributed by atoms with Crippen molar-refractivity contribution in [2.24, 2.45) is 65.1 Å². The predicted octanol–water partition coefficient (Wildman–Crippen LogP) is 6.90. The molecule has 1 N–H and O–H groups in total. The van der Waals surface area contributed by atoms with E-state index in [-0.39, 0.29) is 47.3 Å². The third-order valence-electron chi connectivity index (χ3n) is 20.0. The van der Waals surface area contributed by atoms with E-state index in [0.717, 1.165) is 57.8 Å². The Balaban J connectivity index is 0.777. The molecular formula is C51H74O19. The molecule has 3 aliphatic carbocycles. The molecule has 3 saturated carbocycles. The van der Waals surface area contributed by atoms with Crippen LogP contribution in [0.2, 0.25) is 0 Å². The van der Waals surface area contributed by atoms with Crippen LogP contribution in [0, 0.1) is 65.1 Å². The summed E-state index contributed by atoms with van der Waals surface area (Å²) in [4.78, 5) is 79.5. The molecule has 6 bridgehead atoms. The summed E-state index contributed by atoms with van der Waals surface area (Å²) >= 11 is 0. The molecule has 15 rings (SSSR count).